The van der Waals surface area contributed by atoms with Crippen LogP contribution in [0, 0.1) is 0 Å². The number of imidazole rings is 1. The summed E-state index contributed by atoms with van der Waals surface area (Å²) in [6, 6.07) is 4.53. The Labute approximate surface area is 194 Å². The maximum absolute atomic E-state index is 13.0. The monoisotopic (exact) mass is 469 g/mol. The van der Waals surface area contributed by atoms with Crippen molar-refractivity contribution in [3.05, 3.63) is 54.2 Å². The third kappa shape index (κ3) is 6.42. The highest BCUT2D eigenvalue weighted by Crippen LogP contribution is 2.19. The zero-order valence-electron chi connectivity index (χ0n) is 18.5. The zero-order valence-corrected chi connectivity index (χ0v) is 18.5. The number of amides is 3. The molecule has 12 heteroatoms. The lowest BCUT2D eigenvalue weighted by molar-refractivity contribution is -0.138. The molecule has 3 unspecified atom stereocenters. The lowest BCUT2D eigenvalue weighted by Gasteiger charge is -2.22. The van der Waals surface area contributed by atoms with Crippen molar-refractivity contribution in [2.75, 3.05) is 6.54 Å². The summed E-state index contributed by atoms with van der Waals surface area (Å²) in [6.07, 6.45) is 5.12. The molecule has 3 atom stereocenters. The summed E-state index contributed by atoms with van der Waals surface area (Å²) in [4.78, 5) is 58.5. The molecule has 0 aliphatic carbocycles. The fourth-order valence-electron chi connectivity index (χ4n) is 3.43. The predicted octanol–water partition coefficient (Wildman–Crippen LogP) is -0.806. The molecule has 34 heavy (non-hydrogen) atoms. The molecule has 0 bridgehead atoms. The third-order valence-corrected chi connectivity index (χ3v) is 5.23. The molecule has 3 aromatic rings. The number of rotatable bonds is 11. The lowest BCUT2D eigenvalue weighted by Crippen LogP contribution is -2.56. The molecule has 180 valence electrons. The second-order valence-electron chi connectivity index (χ2n) is 7.85. The molecule has 8 N–H and O–H groups in total. The molecule has 0 aliphatic rings. The van der Waals surface area contributed by atoms with Crippen LogP contribution < -0.4 is 21.7 Å². The number of nitrogens with one attached hydrogen (secondary N) is 5. The number of carboxylic acid groups (broad SMARTS) is 1. The van der Waals surface area contributed by atoms with Crippen LogP contribution in [0.3, 0.4) is 0 Å². The van der Waals surface area contributed by atoms with Crippen LogP contribution in [0.1, 0.15) is 18.2 Å². The summed E-state index contributed by atoms with van der Waals surface area (Å²) in [5.74, 6) is -3.02. The van der Waals surface area contributed by atoms with E-state index in [9.17, 15) is 19.2 Å². The smallest absolute Gasteiger partial charge is 0.322 e. The van der Waals surface area contributed by atoms with E-state index in [1.54, 1.807) is 12.4 Å². The maximum atomic E-state index is 13.0. The van der Waals surface area contributed by atoms with Gasteiger partial charge in [-0.2, -0.15) is 0 Å². The predicted molar refractivity (Wildman–Crippen MR) is 122 cm³/mol. The molecule has 0 spiro atoms. The van der Waals surface area contributed by atoms with E-state index in [4.69, 9.17) is 10.8 Å². The first-order valence-electron chi connectivity index (χ1n) is 10.6. The molecule has 0 saturated heterocycles. The summed E-state index contributed by atoms with van der Waals surface area (Å²) in [5.41, 5.74) is 8.36. The minimum Gasteiger partial charge on any atom is -0.480 e. The van der Waals surface area contributed by atoms with Gasteiger partial charge in [0.05, 0.1) is 12.4 Å². The van der Waals surface area contributed by atoms with Gasteiger partial charge in [-0.1, -0.05) is 18.2 Å². The van der Waals surface area contributed by atoms with Gasteiger partial charge in [-0.05, 0) is 18.6 Å². The number of aliphatic carboxylic acids is 1. The Balaban J connectivity index is 1.73. The van der Waals surface area contributed by atoms with Crippen molar-refractivity contribution in [3.63, 3.8) is 0 Å². The number of carbonyl (C=O) groups is 4. The van der Waals surface area contributed by atoms with Gasteiger partial charge in [-0.25, -0.2) is 4.98 Å². The summed E-state index contributed by atoms with van der Waals surface area (Å²) >= 11 is 0. The standard InChI is InChI=1S/C22H27N7O5/c1-12(20(32)26-10-19(30)31)28-22(34)18(6-13-8-25-17-5-3-2-4-15(13)17)29-21(33)16(23)7-14-9-24-11-27-14/h2-5,8-9,11-12,16,18,25H,6-7,10,23H2,1H3,(H,24,27)(H,26,32)(H,28,34)(H,29,33)(H,30,31). The van der Waals surface area contributed by atoms with Gasteiger partial charge >= 0.3 is 5.97 Å². The first kappa shape index (κ1) is 24.5. The summed E-state index contributed by atoms with van der Waals surface area (Å²) in [7, 11) is 0. The van der Waals surface area contributed by atoms with Crippen LogP contribution in [0.15, 0.2) is 43.0 Å². The Morgan fingerprint density at radius 3 is 2.53 bits per heavy atom. The van der Waals surface area contributed by atoms with Crippen molar-refractivity contribution in [2.45, 2.75) is 37.9 Å². The minimum atomic E-state index is -1.21. The molecule has 3 rings (SSSR count). The number of fused-ring (bicyclic) bond motifs is 1. The normalized spacial score (nSPS) is 13.6. The number of carbonyl (C=O) groups excluding carboxylic acids is 3. The average molecular weight is 470 g/mol. The molecule has 0 radical (unpaired) electrons. The van der Waals surface area contributed by atoms with Gasteiger partial charge in [0.2, 0.25) is 17.7 Å². The van der Waals surface area contributed by atoms with E-state index in [0.717, 1.165) is 16.5 Å². The van der Waals surface area contributed by atoms with Gasteiger partial charge in [-0.3, -0.25) is 19.2 Å². The van der Waals surface area contributed by atoms with Crippen LogP contribution in [0.25, 0.3) is 10.9 Å². The van der Waals surface area contributed by atoms with E-state index in [-0.39, 0.29) is 12.8 Å². The van der Waals surface area contributed by atoms with E-state index in [2.05, 4.69) is 30.9 Å². The van der Waals surface area contributed by atoms with E-state index >= 15 is 0 Å². The molecule has 2 heterocycles. The van der Waals surface area contributed by atoms with E-state index < -0.39 is 48.4 Å². The number of hydrogen-bond donors (Lipinski definition) is 7. The number of aromatic nitrogens is 3. The quantitative estimate of drug-likeness (QED) is 0.191. The van der Waals surface area contributed by atoms with Crippen molar-refractivity contribution in [2.24, 2.45) is 5.73 Å². The lowest BCUT2D eigenvalue weighted by atomic mass is 10.0. The van der Waals surface area contributed by atoms with E-state index in [1.807, 2.05) is 24.3 Å². The van der Waals surface area contributed by atoms with Crippen LogP contribution in [0.2, 0.25) is 0 Å². The highest BCUT2D eigenvalue weighted by molar-refractivity contribution is 5.94. The van der Waals surface area contributed by atoms with Crippen molar-refractivity contribution in [1.29, 1.82) is 0 Å². The third-order valence-electron chi connectivity index (χ3n) is 5.23. The van der Waals surface area contributed by atoms with Crippen LogP contribution in [0.5, 0.6) is 0 Å². The second kappa shape index (κ2) is 11.1. The first-order valence-corrected chi connectivity index (χ1v) is 10.6. The summed E-state index contributed by atoms with van der Waals surface area (Å²) < 4.78 is 0. The Hall–Kier alpha value is -4.19. The highest BCUT2D eigenvalue weighted by Gasteiger charge is 2.27. The molecule has 0 saturated carbocycles. The highest BCUT2D eigenvalue weighted by atomic mass is 16.4. The topological polar surface area (TPSA) is 195 Å². The van der Waals surface area contributed by atoms with E-state index in [1.165, 1.54) is 13.3 Å². The van der Waals surface area contributed by atoms with Gasteiger partial charge in [0.15, 0.2) is 0 Å². The first-order chi connectivity index (χ1) is 16.2. The van der Waals surface area contributed by atoms with E-state index in [0.29, 0.717) is 5.69 Å². The molecule has 3 amide bonds. The molecule has 2 aromatic heterocycles. The van der Waals surface area contributed by atoms with Crippen molar-refractivity contribution in [3.8, 4) is 0 Å². The van der Waals surface area contributed by atoms with Gasteiger partial charge in [-0.15, -0.1) is 0 Å². The Morgan fingerprint density at radius 1 is 1.06 bits per heavy atom. The Kier molecular flexibility index (Phi) is 7.98. The largest absolute Gasteiger partial charge is 0.480 e. The molecular formula is C22H27N7O5. The Morgan fingerprint density at radius 2 is 1.82 bits per heavy atom. The molecule has 12 nitrogen and oxygen atoms in total. The number of para-hydroxylation sites is 1. The van der Waals surface area contributed by atoms with Crippen LogP contribution in [-0.2, 0) is 32.0 Å². The molecule has 0 aliphatic heterocycles. The van der Waals surface area contributed by atoms with Gasteiger partial charge < -0.3 is 36.8 Å². The maximum Gasteiger partial charge on any atom is 0.322 e. The van der Waals surface area contributed by atoms with Gasteiger partial charge in [0.1, 0.15) is 18.6 Å². The SMILES string of the molecule is CC(NC(=O)C(Cc1c[nH]c2ccccc12)NC(=O)C(N)Cc1cnc[nH]1)C(=O)NCC(=O)O. The van der Waals surface area contributed by atoms with Crippen molar-refractivity contribution in [1.82, 2.24) is 30.9 Å². The molecule has 0 fully saturated rings. The fraction of sp³-hybridized carbons (Fsp3) is 0.318. The number of aromatic amines is 2. The number of nitrogens with zero attached hydrogens (tertiary/aromatic N) is 1. The number of nitrogens with two attached hydrogens (primary N) is 1. The number of carboxylic acids is 1. The minimum absolute atomic E-state index is 0.141. The fourth-order valence-corrected chi connectivity index (χ4v) is 3.43. The van der Waals surface area contributed by atoms with Crippen LogP contribution in [0.4, 0.5) is 0 Å². The summed E-state index contributed by atoms with van der Waals surface area (Å²) in [6.45, 7) is 0.848. The van der Waals surface area contributed by atoms with Crippen LogP contribution in [-0.4, -0.2) is 68.4 Å². The molecule has 1 aromatic carbocycles. The molecular weight excluding hydrogens is 442 g/mol. The number of benzene rings is 1. The van der Waals surface area contributed by atoms with Crippen molar-refractivity contribution < 1.29 is 24.3 Å². The zero-order chi connectivity index (χ0) is 24.7. The summed E-state index contributed by atoms with van der Waals surface area (Å²) in [5, 5.41) is 17.0. The number of H-pyrrole nitrogens is 2. The Bertz CT molecular complexity index is 1160. The average Bonchev–Trinajstić information content (AvgIpc) is 3.46. The van der Waals surface area contributed by atoms with Gasteiger partial charge in [0, 0.05) is 41.8 Å². The number of hydrogen-bond acceptors (Lipinski definition) is 6. The van der Waals surface area contributed by atoms with Crippen molar-refractivity contribution >= 4 is 34.6 Å². The van der Waals surface area contributed by atoms with Crippen LogP contribution >= 0.6 is 0 Å². The second-order valence-corrected chi connectivity index (χ2v) is 7.85. The van der Waals surface area contributed by atoms with Gasteiger partial charge in [0.25, 0.3) is 0 Å².